The first-order valence-corrected chi connectivity index (χ1v) is 4.34. The van der Waals surface area contributed by atoms with Crippen molar-refractivity contribution in [2.24, 2.45) is 0 Å². The topological polar surface area (TPSA) is 61.0 Å². The normalized spacial score (nSPS) is 10.1. The molecule has 0 bridgehead atoms. The van der Waals surface area contributed by atoms with E-state index in [2.05, 4.69) is 9.97 Å². The number of hydrogen-bond donors (Lipinski definition) is 1. The Morgan fingerprint density at radius 2 is 1.81 bits per heavy atom. The quantitative estimate of drug-likeness (QED) is 0.847. The van der Waals surface area contributed by atoms with Crippen molar-refractivity contribution >= 4 is 5.69 Å². The van der Waals surface area contributed by atoms with Crippen LogP contribution in [-0.2, 0) is 0 Å². The van der Waals surface area contributed by atoms with Crippen molar-refractivity contribution in [3.63, 3.8) is 0 Å². The van der Waals surface area contributed by atoms with E-state index in [1.807, 2.05) is 0 Å². The van der Waals surface area contributed by atoms with Crippen LogP contribution in [0.3, 0.4) is 0 Å². The van der Waals surface area contributed by atoms with Crippen molar-refractivity contribution in [2.45, 2.75) is 0 Å². The lowest BCUT2D eigenvalue weighted by atomic mass is 10.3. The SMILES string of the molecule is Nc1cncnc1Oc1cc(F)cc(F)c1. The minimum absolute atomic E-state index is 0.0112. The molecule has 0 aliphatic rings. The third-order valence-electron chi connectivity index (χ3n) is 1.75. The molecule has 0 atom stereocenters. The maximum atomic E-state index is 12.8. The van der Waals surface area contributed by atoms with Crippen molar-refractivity contribution in [2.75, 3.05) is 5.73 Å². The van der Waals surface area contributed by atoms with Crippen LogP contribution in [0.25, 0.3) is 0 Å². The van der Waals surface area contributed by atoms with E-state index >= 15 is 0 Å². The summed E-state index contributed by atoms with van der Waals surface area (Å²) in [7, 11) is 0. The van der Waals surface area contributed by atoms with Gasteiger partial charge in [-0.25, -0.2) is 13.8 Å². The molecule has 2 rings (SSSR count). The Bertz CT molecular complexity index is 499. The smallest absolute Gasteiger partial charge is 0.245 e. The second-order valence-electron chi connectivity index (χ2n) is 2.99. The van der Waals surface area contributed by atoms with Gasteiger partial charge >= 0.3 is 0 Å². The first-order valence-electron chi connectivity index (χ1n) is 4.34. The van der Waals surface area contributed by atoms with E-state index < -0.39 is 11.6 Å². The van der Waals surface area contributed by atoms with Gasteiger partial charge in [0.15, 0.2) is 0 Å². The molecule has 0 aliphatic carbocycles. The van der Waals surface area contributed by atoms with E-state index in [-0.39, 0.29) is 17.3 Å². The van der Waals surface area contributed by atoms with Crippen LogP contribution in [0.5, 0.6) is 11.6 Å². The molecule has 0 fully saturated rings. The fourth-order valence-corrected chi connectivity index (χ4v) is 1.11. The van der Waals surface area contributed by atoms with Crippen LogP contribution in [0.1, 0.15) is 0 Å². The van der Waals surface area contributed by atoms with Crippen LogP contribution in [0.2, 0.25) is 0 Å². The number of halogens is 2. The van der Waals surface area contributed by atoms with Crippen molar-refractivity contribution in [1.29, 1.82) is 0 Å². The summed E-state index contributed by atoms with van der Waals surface area (Å²) in [6.45, 7) is 0. The Morgan fingerprint density at radius 3 is 2.44 bits per heavy atom. The van der Waals surface area contributed by atoms with Gasteiger partial charge in [-0.05, 0) is 0 Å². The Kier molecular flexibility index (Phi) is 2.63. The van der Waals surface area contributed by atoms with Crippen LogP contribution in [0, 0.1) is 11.6 Å². The van der Waals surface area contributed by atoms with E-state index in [9.17, 15) is 8.78 Å². The number of rotatable bonds is 2. The fraction of sp³-hybridized carbons (Fsp3) is 0. The van der Waals surface area contributed by atoms with Gasteiger partial charge in [-0.3, -0.25) is 0 Å². The molecule has 16 heavy (non-hydrogen) atoms. The molecule has 4 nitrogen and oxygen atoms in total. The number of hydrogen-bond acceptors (Lipinski definition) is 4. The second-order valence-corrected chi connectivity index (χ2v) is 2.99. The van der Waals surface area contributed by atoms with Crippen LogP contribution in [0.4, 0.5) is 14.5 Å². The van der Waals surface area contributed by atoms with Crippen molar-refractivity contribution in [3.05, 3.63) is 42.4 Å². The van der Waals surface area contributed by atoms with Crippen LogP contribution in [0.15, 0.2) is 30.7 Å². The van der Waals surface area contributed by atoms with Crippen molar-refractivity contribution in [3.8, 4) is 11.6 Å². The number of ether oxygens (including phenoxy) is 1. The predicted molar refractivity (Wildman–Crippen MR) is 52.9 cm³/mol. The monoisotopic (exact) mass is 223 g/mol. The highest BCUT2D eigenvalue weighted by Crippen LogP contribution is 2.24. The summed E-state index contributed by atoms with van der Waals surface area (Å²) in [4.78, 5) is 7.39. The zero-order valence-electron chi connectivity index (χ0n) is 8.02. The largest absolute Gasteiger partial charge is 0.437 e. The van der Waals surface area contributed by atoms with Crippen molar-refractivity contribution in [1.82, 2.24) is 9.97 Å². The third-order valence-corrected chi connectivity index (χ3v) is 1.75. The lowest BCUT2D eigenvalue weighted by Crippen LogP contribution is -1.96. The van der Waals surface area contributed by atoms with Crippen molar-refractivity contribution < 1.29 is 13.5 Å². The van der Waals surface area contributed by atoms with Crippen LogP contribution < -0.4 is 10.5 Å². The molecule has 6 heteroatoms. The summed E-state index contributed by atoms with van der Waals surface area (Å²) in [6.07, 6.45) is 2.55. The number of nitrogens with two attached hydrogens (primary N) is 1. The summed E-state index contributed by atoms with van der Waals surface area (Å²) >= 11 is 0. The fourth-order valence-electron chi connectivity index (χ4n) is 1.11. The Morgan fingerprint density at radius 1 is 1.12 bits per heavy atom. The highest BCUT2D eigenvalue weighted by molar-refractivity contribution is 5.46. The molecular weight excluding hydrogens is 216 g/mol. The van der Waals surface area contributed by atoms with Gasteiger partial charge in [0.05, 0.1) is 6.20 Å². The summed E-state index contributed by atoms with van der Waals surface area (Å²) < 4.78 is 30.8. The Labute approximate surface area is 89.7 Å². The minimum Gasteiger partial charge on any atom is -0.437 e. The number of benzene rings is 1. The average molecular weight is 223 g/mol. The standard InChI is InChI=1S/C10H7F2N3O/c11-6-1-7(12)3-8(2-6)16-10-9(13)4-14-5-15-10/h1-5H,13H2. The molecule has 2 N–H and O–H groups in total. The third kappa shape index (κ3) is 2.22. The summed E-state index contributed by atoms with van der Waals surface area (Å²) in [5.74, 6) is -1.42. The maximum absolute atomic E-state index is 12.8. The second kappa shape index (κ2) is 4.09. The van der Waals surface area contributed by atoms with Gasteiger partial charge in [0, 0.05) is 18.2 Å². The molecule has 0 aliphatic heterocycles. The number of anilines is 1. The molecule has 0 spiro atoms. The van der Waals surface area contributed by atoms with Gasteiger partial charge < -0.3 is 10.5 Å². The van der Waals surface area contributed by atoms with Crippen LogP contribution >= 0.6 is 0 Å². The Balaban J connectivity index is 2.30. The zero-order chi connectivity index (χ0) is 11.5. The summed E-state index contributed by atoms with van der Waals surface area (Å²) in [5.41, 5.74) is 5.69. The number of aromatic nitrogens is 2. The number of nitrogen functional groups attached to an aromatic ring is 1. The average Bonchev–Trinajstić information content (AvgIpc) is 2.20. The molecular formula is C10H7F2N3O. The molecule has 82 valence electrons. The van der Waals surface area contributed by atoms with E-state index in [1.165, 1.54) is 12.5 Å². The summed E-state index contributed by atoms with van der Waals surface area (Å²) in [6, 6.07) is 2.81. The van der Waals surface area contributed by atoms with Crippen LogP contribution in [-0.4, -0.2) is 9.97 Å². The lowest BCUT2D eigenvalue weighted by molar-refractivity contribution is 0.452. The highest BCUT2D eigenvalue weighted by Gasteiger charge is 2.06. The van der Waals surface area contributed by atoms with E-state index in [0.29, 0.717) is 0 Å². The highest BCUT2D eigenvalue weighted by atomic mass is 19.1. The van der Waals surface area contributed by atoms with E-state index in [4.69, 9.17) is 10.5 Å². The minimum atomic E-state index is -0.734. The molecule has 1 heterocycles. The molecule has 1 aromatic heterocycles. The molecule has 0 amide bonds. The molecule has 0 saturated heterocycles. The first kappa shape index (κ1) is 10.3. The molecule has 0 saturated carbocycles. The van der Waals surface area contributed by atoms with Gasteiger partial charge in [0.25, 0.3) is 0 Å². The van der Waals surface area contributed by atoms with Gasteiger partial charge in [-0.1, -0.05) is 0 Å². The molecule has 0 radical (unpaired) electrons. The molecule has 2 aromatic rings. The molecule has 1 aromatic carbocycles. The Hall–Kier alpha value is -2.24. The van der Waals surface area contributed by atoms with Gasteiger partial charge in [0.2, 0.25) is 5.88 Å². The zero-order valence-corrected chi connectivity index (χ0v) is 8.02. The first-order chi connectivity index (χ1) is 7.65. The predicted octanol–water partition coefficient (Wildman–Crippen LogP) is 2.13. The number of nitrogens with zero attached hydrogens (tertiary/aromatic N) is 2. The molecule has 0 unspecified atom stereocenters. The van der Waals surface area contributed by atoms with Gasteiger partial charge in [-0.15, -0.1) is 0 Å². The summed E-state index contributed by atoms with van der Waals surface area (Å²) in [5, 5.41) is 0. The van der Waals surface area contributed by atoms with E-state index in [0.717, 1.165) is 18.2 Å². The lowest BCUT2D eigenvalue weighted by Gasteiger charge is -2.06. The van der Waals surface area contributed by atoms with Gasteiger partial charge in [-0.2, -0.15) is 4.98 Å². The van der Waals surface area contributed by atoms with Gasteiger partial charge in [0.1, 0.15) is 29.4 Å². The van der Waals surface area contributed by atoms with E-state index in [1.54, 1.807) is 0 Å². The maximum Gasteiger partial charge on any atom is 0.245 e.